The number of likely N-dealkylation sites (tertiary alicyclic amines) is 1. The van der Waals surface area contributed by atoms with E-state index in [2.05, 4.69) is 25.6 Å². The predicted molar refractivity (Wildman–Crippen MR) is 112 cm³/mol. The predicted octanol–water partition coefficient (Wildman–Crippen LogP) is 3.40. The van der Waals surface area contributed by atoms with Crippen LogP contribution in [-0.4, -0.2) is 43.5 Å². The van der Waals surface area contributed by atoms with E-state index in [-0.39, 0.29) is 11.9 Å². The summed E-state index contributed by atoms with van der Waals surface area (Å²) in [5, 5.41) is 15.2. The van der Waals surface area contributed by atoms with Crippen molar-refractivity contribution in [3.63, 3.8) is 0 Å². The molecular weight excluding hydrogens is 380 g/mol. The fourth-order valence-electron chi connectivity index (χ4n) is 4.03. The number of rotatable bonds is 5. The Morgan fingerprint density at radius 2 is 2.00 bits per heavy atom. The van der Waals surface area contributed by atoms with Gasteiger partial charge < -0.3 is 5.32 Å². The van der Waals surface area contributed by atoms with E-state index in [9.17, 15) is 4.79 Å². The van der Waals surface area contributed by atoms with Crippen molar-refractivity contribution in [1.82, 2.24) is 25.0 Å². The number of carbonyl (C=O) groups is 1. The molecule has 152 valence electrons. The van der Waals surface area contributed by atoms with Crippen LogP contribution in [0.4, 0.5) is 5.69 Å². The van der Waals surface area contributed by atoms with Crippen molar-refractivity contribution in [2.24, 2.45) is 0 Å². The van der Waals surface area contributed by atoms with E-state index in [1.54, 1.807) is 10.9 Å². The normalized spacial score (nSPS) is 17.3. The number of hydrogen-bond acceptors (Lipinski definition) is 6. The minimum atomic E-state index is -0.181. The van der Waals surface area contributed by atoms with E-state index in [1.807, 2.05) is 54.7 Å². The fourth-order valence-corrected chi connectivity index (χ4v) is 4.03. The molecule has 1 aliphatic heterocycles. The Kier molecular flexibility index (Phi) is 4.98. The minimum absolute atomic E-state index is 0.0204. The van der Waals surface area contributed by atoms with Crippen molar-refractivity contribution in [3.8, 4) is 5.69 Å². The van der Waals surface area contributed by atoms with Gasteiger partial charge in [-0.25, -0.2) is 9.31 Å². The number of nitrogens with zero attached hydrogens (tertiary/aromatic N) is 5. The lowest BCUT2D eigenvalue weighted by Crippen LogP contribution is -2.46. The second-order valence-electron chi connectivity index (χ2n) is 7.52. The Morgan fingerprint density at radius 1 is 1.10 bits per heavy atom. The topological polar surface area (TPSA) is 89.1 Å². The molecule has 1 N–H and O–H groups in total. The van der Waals surface area contributed by atoms with Crippen molar-refractivity contribution in [2.45, 2.75) is 31.8 Å². The van der Waals surface area contributed by atoms with Crippen molar-refractivity contribution >= 4 is 22.6 Å². The van der Waals surface area contributed by atoms with E-state index in [0.29, 0.717) is 6.54 Å². The number of fused-ring (bicyclic) bond motifs is 1. The maximum atomic E-state index is 13.1. The Balaban J connectivity index is 1.30. The van der Waals surface area contributed by atoms with E-state index >= 15 is 0 Å². The Hall–Kier alpha value is -3.52. The maximum Gasteiger partial charge on any atom is 0.241 e. The first-order chi connectivity index (χ1) is 14.8. The van der Waals surface area contributed by atoms with E-state index in [1.165, 1.54) is 0 Å². The summed E-state index contributed by atoms with van der Waals surface area (Å²) in [7, 11) is 0. The largest absolute Gasteiger partial charge is 0.325 e. The first-order valence-corrected chi connectivity index (χ1v) is 10.1. The van der Waals surface area contributed by atoms with Crippen LogP contribution in [0.5, 0.6) is 0 Å². The van der Waals surface area contributed by atoms with Crippen LogP contribution in [-0.2, 0) is 11.3 Å². The van der Waals surface area contributed by atoms with Crippen LogP contribution in [0.3, 0.4) is 0 Å². The second-order valence-corrected chi connectivity index (χ2v) is 7.52. The summed E-state index contributed by atoms with van der Waals surface area (Å²) in [5.74, 6) is 0.0204. The number of nitrogens with one attached hydrogen (secondary N) is 1. The molecule has 2 aromatic carbocycles. The van der Waals surface area contributed by atoms with Gasteiger partial charge in [-0.15, -0.1) is 0 Å². The number of anilines is 1. The molecule has 0 bridgehead atoms. The number of piperidine rings is 1. The molecule has 2 aromatic heterocycles. The molecule has 0 saturated carbocycles. The van der Waals surface area contributed by atoms with Gasteiger partial charge in [0, 0.05) is 24.6 Å². The molecule has 3 heterocycles. The zero-order valence-corrected chi connectivity index (χ0v) is 16.4. The van der Waals surface area contributed by atoms with Crippen LogP contribution in [0, 0.1) is 0 Å². The molecule has 1 saturated heterocycles. The SMILES string of the molecule is O=C(Nc1ccc(-n2cccn2)cc1)C1CCCCN1Cc1cccc2nonc12. The second kappa shape index (κ2) is 8.08. The molecule has 8 nitrogen and oxygen atoms in total. The van der Waals surface area contributed by atoms with Crippen LogP contribution >= 0.6 is 0 Å². The summed E-state index contributed by atoms with van der Waals surface area (Å²) < 4.78 is 6.67. The van der Waals surface area contributed by atoms with Crippen molar-refractivity contribution < 1.29 is 9.42 Å². The Bertz CT molecular complexity index is 1140. The van der Waals surface area contributed by atoms with Gasteiger partial charge in [0.25, 0.3) is 0 Å². The van der Waals surface area contributed by atoms with Crippen LogP contribution < -0.4 is 5.32 Å². The highest BCUT2D eigenvalue weighted by atomic mass is 16.6. The lowest BCUT2D eigenvalue weighted by Gasteiger charge is -2.34. The molecule has 1 unspecified atom stereocenters. The third-order valence-corrected chi connectivity index (χ3v) is 5.56. The van der Waals surface area contributed by atoms with Crippen LogP contribution in [0.2, 0.25) is 0 Å². The molecule has 1 atom stereocenters. The number of hydrogen-bond donors (Lipinski definition) is 1. The van der Waals surface area contributed by atoms with Crippen molar-refractivity contribution in [1.29, 1.82) is 0 Å². The van der Waals surface area contributed by atoms with Gasteiger partial charge in [-0.05, 0) is 71.7 Å². The first-order valence-electron chi connectivity index (χ1n) is 10.1. The monoisotopic (exact) mass is 402 g/mol. The van der Waals surface area contributed by atoms with E-state index in [4.69, 9.17) is 4.63 Å². The highest BCUT2D eigenvalue weighted by Gasteiger charge is 2.29. The molecule has 0 aliphatic carbocycles. The van der Waals surface area contributed by atoms with Crippen LogP contribution in [0.1, 0.15) is 24.8 Å². The van der Waals surface area contributed by atoms with E-state index in [0.717, 1.165) is 53.8 Å². The first kappa shape index (κ1) is 18.5. The van der Waals surface area contributed by atoms with Gasteiger partial charge in [0.2, 0.25) is 5.91 Å². The van der Waals surface area contributed by atoms with Gasteiger partial charge >= 0.3 is 0 Å². The Labute approximate surface area is 173 Å². The molecule has 0 spiro atoms. The lowest BCUT2D eigenvalue weighted by atomic mass is 10.00. The zero-order valence-electron chi connectivity index (χ0n) is 16.4. The standard InChI is InChI=1S/C22H22N6O2/c29-22(24-17-8-10-18(11-9-17)28-14-4-12-23-28)20-7-1-2-13-27(20)15-16-5-3-6-19-21(16)26-30-25-19/h3-6,8-12,14,20H,1-2,7,13,15H2,(H,24,29). The molecular formula is C22H22N6O2. The minimum Gasteiger partial charge on any atom is -0.325 e. The van der Waals surface area contributed by atoms with Gasteiger partial charge in [0.15, 0.2) is 0 Å². The molecule has 1 fully saturated rings. The summed E-state index contributed by atoms with van der Waals surface area (Å²) in [4.78, 5) is 15.3. The van der Waals surface area contributed by atoms with Gasteiger partial charge in [-0.2, -0.15) is 5.10 Å². The zero-order chi connectivity index (χ0) is 20.3. The summed E-state index contributed by atoms with van der Waals surface area (Å²) in [6.07, 6.45) is 6.59. The Morgan fingerprint density at radius 3 is 2.83 bits per heavy atom. The molecule has 8 heteroatoms. The number of aromatic nitrogens is 4. The summed E-state index contributed by atoms with van der Waals surface area (Å²) in [6, 6.07) is 15.2. The molecule has 1 amide bonds. The fraction of sp³-hybridized carbons (Fsp3) is 0.273. The number of carbonyl (C=O) groups excluding carboxylic acids is 1. The highest BCUT2D eigenvalue weighted by Crippen LogP contribution is 2.24. The van der Waals surface area contributed by atoms with E-state index < -0.39 is 0 Å². The molecule has 30 heavy (non-hydrogen) atoms. The van der Waals surface area contributed by atoms with Gasteiger partial charge in [-0.1, -0.05) is 18.6 Å². The summed E-state index contributed by atoms with van der Waals surface area (Å²) >= 11 is 0. The third kappa shape index (κ3) is 3.69. The lowest BCUT2D eigenvalue weighted by molar-refractivity contribution is -0.122. The van der Waals surface area contributed by atoms with Crippen LogP contribution in [0.15, 0.2) is 65.6 Å². The molecule has 0 radical (unpaired) electrons. The smallest absolute Gasteiger partial charge is 0.241 e. The average molecular weight is 402 g/mol. The van der Waals surface area contributed by atoms with Crippen LogP contribution in [0.25, 0.3) is 16.7 Å². The maximum absolute atomic E-state index is 13.1. The van der Waals surface area contributed by atoms with Gasteiger partial charge in [0.1, 0.15) is 11.0 Å². The van der Waals surface area contributed by atoms with Gasteiger partial charge in [-0.3, -0.25) is 9.69 Å². The van der Waals surface area contributed by atoms with Crippen molar-refractivity contribution in [3.05, 3.63) is 66.5 Å². The van der Waals surface area contributed by atoms with Crippen molar-refractivity contribution in [2.75, 3.05) is 11.9 Å². The average Bonchev–Trinajstić information content (AvgIpc) is 3.47. The quantitative estimate of drug-likeness (QED) is 0.550. The summed E-state index contributed by atoms with van der Waals surface area (Å²) in [6.45, 7) is 1.51. The molecule has 5 rings (SSSR count). The summed E-state index contributed by atoms with van der Waals surface area (Å²) in [5.41, 5.74) is 4.26. The molecule has 4 aromatic rings. The highest BCUT2D eigenvalue weighted by molar-refractivity contribution is 5.95. The molecule has 1 aliphatic rings. The van der Waals surface area contributed by atoms with Gasteiger partial charge in [0.05, 0.1) is 11.7 Å². The number of amides is 1. The third-order valence-electron chi connectivity index (χ3n) is 5.56. The number of benzene rings is 2.